The highest BCUT2D eigenvalue weighted by Gasteiger charge is 2.35. The number of fused-ring (bicyclic) bond motifs is 1. The van der Waals surface area contributed by atoms with Gasteiger partial charge in [-0.25, -0.2) is 0 Å². The minimum Gasteiger partial charge on any atom is -0.481 e. The summed E-state index contributed by atoms with van der Waals surface area (Å²) in [6.07, 6.45) is 2.22. The molecule has 0 saturated carbocycles. The van der Waals surface area contributed by atoms with E-state index in [0.717, 1.165) is 16.3 Å². The lowest BCUT2D eigenvalue weighted by atomic mass is 9.95. The second-order valence-electron chi connectivity index (χ2n) is 10.7. The van der Waals surface area contributed by atoms with Crippen molar-refractivity contribution in [3.8, 4) is 0 Å². The maximum absolute atomic E-state index is 13.3. The summed E-state index contributed by atoms with van der Waals surface area (Å²) in [6.45, 7) is 4.24. The predicted octanol–water partition coefficient (Wildman–Crippen LogP) is 1.84. The van der Waals surface area contributed by atoms with Crippen molar-refractivity contribution in [2.75, 3.05) is 18.6 Å². The van der Waals surface area contributed by atoms with Gasteiger partial charge in [0.25, 0.3) is 0 Å². The van der Waals surface area contributed by atoms with E-state index in [1.165, 1.54) is 18.7 Å². The number of carbonyl (C=O) groups is 6. The number of carboxylic acids is 1. The van der Waals surface area contributed by atoms with Gasteiger partial charge in [0, 0.05) is 25.6 Å². The van der Waals surface area contributed by atoms with Crippen LogP contribution in [-0.4, -0.2) is 77.0 Å². The van der Waals surface area contributed by atoms with Crippen molar-refractivity contribution >= 4 is 57.8 Å². The van der Waals surface area contributed by atoms with E-state index in [2.05, 4.69) is 16.0 Å². The van der Waals surface area contributed by atoms with Gasteiger partial charge in [0.2, 0.25) is 17.7 Å². The molecule has 0 aliphatic carbocycles. The number of carbonyl (C=O) groups excluding carboxylic acids is 5. The first-order chi connectivity index (χ1) is 20.4. The predicted molar refractivity (Wildman–Crippen MR) is 166 cm³/mol. The molecule has 0 radical (unpaired) electrons. The van der Waals surface area contributed by atoms with Crippen molar-refractivity contribution in [1.82, 2.24) is 16.0 Å². The Balaban J connectivity index is 2.11. The number of carboxylic acid groups (broad SMARTS) is 1. The Hall–Kier alpha value is -3.77. The third kappa shape index (κ3) is 10.8. The maximum atomic E-state index is 13.3. The first-order valence-corrected chi connectivity index (χ1v) is 15.6. The molecule has 234 valence electrons. The van der Waals surface area contributed by atoms with Crippen LogP contribution in [0.2, 0.25) is 0 Å². The van der Waals surface area contributed by atoms with Crippen molar-refractivity contribution in [2.45, 2.75) is 64.6 Å². The van der Waals surface area contributed by atoms with E-state index >= 15 is 0 Å². The Labute approximate surface area is 256 Å². The van der Waals surface area contributed by atoms with Gasteiger partial charge in [-0.2, -0.15) is 11.8 Å². The van der Waals surface area contributed by atoms with E-state index in [0.29, 0.717) is 12.8 Å². The van der Waals surface area contributed by atoms with Crippen LogP contribution in [0, 0.1) is 11.8 Å². The highest BCUT2D eigenvalue weighted by molar-refractivity contribution is 7.98. The number of hydrogen-bond donors (Lipinski definition) is 5. The molecule has 0 aromatic heterocycles. The molecular formula is C31H42N4O7S. The van der Waals surface area contributed by atoms with E-state index in [9.17, 15) is 33.9 Å². The van der Waals surface area contributed by atoms with Crippen molar-refractivity contribution in [2.24, 2.45) is 17.6 Å². The Morgan fingerprint density at radius 2 is 1.58 bits per heavy atom. The van der Waals surface area contributed by atoms with Gasteiger partial charge in [-0.1, -0.05) is 56.3 Å². The summed E-state index contributed by atoms with van der Waals surface area (Å²) >= 11 is 1.31. The minimum absolute atomic E-state index is 0.0455. The number of Topliss-reactive ketones (excluding diaryl/α,β-unsaturated/α-hetero) is 2. The molecule has 6 N–H and O–H groups in total. The Bertz CT molecular complexity index is 1310. The molecule has 0 saturated heterocycles. The van der Waals surface area contributed by atoms with Gasteiger partial charge in [0.05, 0.1) is 18.5 Å². The lowest BCUT2D eigenvalue weighted by molar-refractivity contribution is -0.141. The lowest BCUT2D eigenvalue weighted by Crippen LogP contribution is -2.57. The van der Waals surface area contributed by atoms with E-state index in [-0.39, 0.29) is 18.7 Å². The van der Waals surface area contributed by atoms with Gasteiger partial charge in [0.1, 0.15) is 12.0 Å². The molecule has 0 aliphatic rings. The molecule has 4 atom stereocenters. The van der Waals surface area contributed by atoms with Crippen LogP contribution in [-0.2, 0) is 35.2 Å². The number of benzene rings is 2. The summed E-state index contributed by atoms with van der Waals surface area (Å²) in [6, 6.07) is 10.4. The quantitative estimate of drug-likeness (QED) is 0.156. The molecule has 2 aromatic rings. The van der Waals surface area contributed by atoms with Crippen molar-refractivity contribution in [3.05, 3.63) is 48.0 Å². The maximum Gasteiger partial charge on any atom is 0.305 e. The van der Waals surface area contributed by atoms with E-state index in [4.69, 9.17) is 5.73 Å². The average Bonchev–Trinajstić information content (AvgIpc) is 2.95. The Kier molecular flexibility index (Phi) is 14.3. The highest BCUT2D eigenvalue weighted by atomic mass is 32.2. The second-order valence-corrected chi connectivity index (χ2v) is 11.7. The van der Waals surface area contributed by atoms with Gasteiger partial charge < -0.3 is 26.8 Å². The molecular weight excluding hydrogens is 572 g/mol. The Morgan fingerprint density at radius 3 is 2.19 bits per heavy atom. The summed E-state index contributed by atoms with van der Waals surface area (Å²) in [5, 5.41) is 19.2. The number of ketones is 2. The molecule has 2 rings (SSSR count). The summed E-state index contributed by atoms with van der Waals surface area (Å²) in [7, 11) is 0. The van der Waals surface area contributed by atoms with Gasteiger partial charge in [-0.3, -0.25) is 28.8 Å². The van der Waals surface area contributed by atoms with Crippen LogP contribution in [0.4, 0.5) is 0 Å². The molecule has 0 spiro atoms. The van der Waals surface area contributed by atoms with Crippen LogP contribution in [0.25, 0.3) is 10.8 Å². The number of amides is 3. The third-order valence-corrected chi connectivity index (χ3v) is 7.70. The normalized spacial score (nSPS) is 13.9. The summed E-state index contributed by atoms with van der Waals surface area (Å²) in [5.74, 6) is -5.83. The van der Waals surface area contributed by atoms with Crippen LogP contribution in [0.3, 0.4) is 0 Å². The summed E-state index contributed by atoms with van der Waals surface area (Å²) < 4.78 is 0. The zero-order valence-electron chi connectivity index (χ0n) is 25.1. The minimum atomic E-state index is -1.33. The standard InChI is InChI=1S/C31H42N4O7S/c1-18(2)28(35-30(41)23(16-32)29(40)25(17-43-4)33-19(3)36)31(42)34-24(15-27(38)39)26(37)14-8-12-21-11-7-10-20-9-5-6-13-22(20)21/h5-7,9-11,13,18,23-25,28H,8,12,14-17,32H2,1-4H3,(H,33,36)(H,34,42)(H,35,41)(H,38,39)/t23?,24-,25+,28-/m0/s1. The zero-order chi connectivity index (χ0) is 32.1. The van der Waals surface area contributed by atoms with E-state index < -0.39 is 71.6 Å². The fourth-order valence-electron chi connectivity index (χ4n) is 4.81. The van der Waals surface area contributed by atoms with E-state index in [1.807, 2.05) is 42.5 Å². The number of aryl methyl sites for hydroxylation is 1. The lowest BCUT2D eigenvalue weighted by Gasteiger charge is -2.27. The summed E-state index contributed by atoms with van der Waals surface area (Å²) in [5.41, 5.74) is 6.81. The van der Waals surface area contributed by atoms with Crippen molar-refractivity contribution in [1.29, 1.82) is 0 Å². The topological polar surface area (TPSA) is 185 Å². The van der Waals surface area contributed by atoms with Gasteiger partial charge >= 0.3 is 5.97 Å². The van der Waals surface area contributed by atoms with Crippen LogP contribution in [0.15, 0.2) is 42.5 Å². The van der Waals surface area contributed by atoms with Crippen molar-refractivity contribution in [3.63, 3.8) is 0 Å². The number of nitrogens with two attached hydrogens (primary N) is 1. The second kappa shape index (κ2) is 17.4. The van der Waals surface area contributed by atoms with Crippen molar-refractivity contribution < 1.29 is 33.9 Å². The SMILES string of the molecule is CSC[C@@H](NC(C)=O)C(=O)C(CN)C(=O)N[C@H](C(=O)N[C@@H](CC(=O)O)C(=O)CCCc1cccc2ccccc12)C(C)C. The first-order valence-electron chi connectivity index (χ1n) is 14.2. The van der Waals surface area contributed by atoms with Crippen LogP contribution in [0.1, 0.15) is 45.6 Å². The number of hydrogen-bond acceptors (Lipinski definition) is 8. The monoisotopic (exact) mass is 614 g/mol. The fraction of sp³-hybridized carbons (Fsp3) is 0.484. The molecule has 1 unspecified atom stereocenters. The number of aliphatic carboxylic acids is 1. The zero-order valence-corrected chi connectivity index (χ0v) is 25.9. The first kappa shape index (κ1) is 35.4. The highest BCUT2D eigenvalue weighted by Crippen LogP contribution is 2.20. The van der Waals surface area contributed by atoms with Crippen LogP contribution < -0.4 is 21.7 Å². The van der Waals surface area contributed by atoms with Gasteiger partial charge in [0.15, 0.2) is 11.6 Å². The fourth-order valence-corrected chi connectivity index (χ4v) is 5.39. The number of nitrogens with one attached hydrogen (secondary N) is 3. The largest absolute Gasteiger partial charge is 0.481 e. The molecule has 3 amide bonds. The third-order valence-electron chi connectivity index (χ3n) is 7.03. The van der Waals surface area contributed by atoms with Crippen LogP contribution in [0.5, 0.6) is 0 Å². The molecule has 0 aliphatic heterocycles. The number of thioether (sulfide) groups is 1. The molecule has 0 fully saturated rings. The molecule has 0 heterocycles. The van der Waals surface area contributed by atoms with Gasteiger partial charge in [-0.15, -0.1) is 0 Å². The summed E-state index contributed by atoms with van der Waals surface area (Å²) in [4.78, 5) is 75.7. The molecule has 11 nitrogen and oxygen atoms in total. The van der Waals surface area contributed by atoms with Crippen LogP contribution >= 0.6 is 11.8 Å². The molecule has 12 heteroatoms. The van der Waals surface area contributed by atoms with Gasteiger partial charge in [-0.05, 0) is 41.4 Å². The van der Waals surface area contributed by atoms with E-state index in [1.54, 1.807) is 20.1 Å². The Morgan fingerprint density at radius 1 is 0.907 bits per heavy atom. The average molecular weight is 615 g/mol. The molecule has 0 bridgehead atoms. The number of rotatable bonds is 18. The smallest absolute Gasteiger partial charge is 0.305 e. The molecule has 43 heavy (non-hydrogen) atoms. The molecule has 2 aromatic carbocycles.